The zero-order valence-corrected chi connectivity index (χ0v) is 13.4. The molecule has 6 heteroatoms. The lowest BCUT2D eigenvalue weighted by Crippen LogP contribution is -2.28. The van der Waals surface area contributed by atoms with Gasteiger partial charge in [-0.1, -0.05) is 19.0 Å². The first-order chi connectivity index (χ1) is 9.56. The molecule has 1 aromatic heterocycles. The molecule has 0 aliphatic rings. The number of benzene rings is 1. The molecule has 2 aromatic rings. The van der Waals surface area contributed by atoms with E-state index in [9.17, 15) is 0 Å². The van der Waals surface area contributed by atoms with Crippen molar-refractivity contribution in [2.24, 2.45) is 0 Å². The van der Waals surface area contributed by atoms with E-state index in [-0.39, 0.29) is 0 Å². The quantitative estimate of drug-likeness (QED) is 0.839. The van der Waals surface area contributed by atoms with Gasteiger partial charge in [0.2, 0.25) is 5.82 Å². The lowest BCUT2D eigenvalue weighted by Gasteiger charge is -2.25. The average Bonchev–Trinajstić information content (AvgIpc) is 2.95. The highest BCUT2D eigenvalue weighted by molar-refractivity contribution is 9.10. The molecule has 0 saturated carbocycles. The van der Waals surface area contributed by atoms with E-state index >= 15 is 0 Å². The molecule has 0 aliphatic carbocycles. The van der Waals surface area contributed by atoms with E-state index in [1.165, 1.54) is 0 Å². The number of nitrogens with zero attached hydrogens (tertiary/aromatic N) is 2. The number of halogens is 1. The van der Waals surface area contributed by atoms with Gasteiger partial charge in [0.15, 0.2) is 0 Å². The van der Waals surface area contributed by atoms with Gasteiger partial charge in [-0.05, 0) is 47.0 Å². The predicted molar refractivity (Wildman–Crippen MR) is 81.1 cm³/mol. The van der Waals surface area contributed by atoms with Crippen LogP contribution in [0.5, 0.6) is 0 Å². The molecule has 0 spiro atoms. The molecule has 1 aromatic carbocycles. The Hall–Kier alpha value is -1.40. The van der Waals surface area contributed by atoms with Gasteiger partial charge in [-0.3, -0.25) is 0 Å². The summed E-state index contributed by atoms with van der Waals surface area (Å²) in [6, 6.07) is 5.51. The molecule has 5 nitrogen and oxygen atoms in total. The van der Waals surface area contributed by atoms with Crippen molar-refractivity contribution < 1.29 is 9.26 Å². The lowest BCUT2D eigenvalue weighted by atomic mass is 9.96. The predicted octanol–water partition coefficient (Wildman–Crippen LogP) is 3.74. The molecule has 0 aliphatic heterocycles. The minimum absolute atomic E-state index is 0.462. The summed E-state index contributed by atoms with van der Waals surface area (Å²) in [7, 11) is 1.67. The molecule has 0 fully saturated rings. The van der Waals surface area contributed by atoms with Crippen molar-refractivity contribution in [2.45, 2.75) is 32.3 Å². The number of ether oxygens (including phenoxy) is 1. The summed E-state index contributed by atoms with van der Waals surface area (Å²) in [5.74, 6) is 1.04. The number of nitrogen functional groups attached to an aromatic ring is 1. The summed E-state index contributed by atoms with van der Waals surface area (Å²) in [6.07, 6.45) is 1.56. The zero-order valence-electron chi connectivity index (χ0n) is 11.8. The third-order valence-corrected chi connectivity index (χ3v) is 4.30. The van der Waals surface area contributed by atoms with Gasteiger partial charge < -0.3 is 15.0 Å². The van der Waals surface area contributed by atoms with Crippen molar-refractivity contribution in [3.8, 4) is 11.5 Å². The summed E-state index contributed by atoms with van der Waals surface area (Å²) < 4.78 is 11.8. The molecule has 1 heterocycles. The summed E-state index contributed by atoms with van der Waals surface area (Å²) in [5, 5.41) is 4.07. The molecule has 0 atom stereocenters. The number of hydrogen-bond donors (Lipinski definition) is 1. The van der Waals surface area contributed by atoms with E-state index in [0.29, 0.717) is 17.4 Å². The first kappa shape index (κ1) is 15.0. The van der Waals surface area contributed by atoms with Gasteiger partial charge in [0.25, 0.3) is 5.89 Å². The van der Waals surface area contributed by atoms with E-state index in [0.717, 1.165) is 22.9 Å². The summed E-state index contributed by atoms with van der Waals surface area (Å²) >= 11 is 3.39. The standard InChI is InChI=1S/C14H18BrN3O2/c1-4-14(5-2,19-3)13-17-12(20-18-13)9-6-7-11(16)10(15)8-9/h6-8H,4-5,16H2,1-3H3. The van der Waals surface area contributed by atoms with Crippen molar-refractivity contribution in [2.75, 3.05) is 12.8 Å². The van der Waals surface area contributed by atoms with Gasteiger partial charge in [-0.25, -0.2) is 0 Å². The second-order valence-corrected chi connectivity index (χ2v) is 5.42. The second kappa shape index (κ2) is 5.93. The van der Waals surface area contributed by atoms with Crippen LogP contribution in [0.15, 0.2) is 27.2 Å². The van der Waals surface area contributed by atoms with Crippen LogP contribution in [0.1, 0.15) is 32.5 Å². The maximum Gasteiger partial charge on any atom is 0.258 e. The number of hydrogen-bond acceptors (Lipinski definition) is 5. The first-order valence-electron chi connectivity index (χ1n) is 6.51. The Morgan fingerprint density at radius 1 is 1.35 bits per heavy atom. The van der Waals surface area contributed by atoms with Crippen molar-refractivity contribution >= 4 is 21.6 Å². The molecule has 0 bridgehead atoms. The number of nitrogens with two attached hydrogens (primary N) is 1. The molecule has 20 heavy (non-hydrogen) atoms. The van der Waals surface area contributed by atoms with Gasteiger partial charge in [0.05, 0.1) is 0 Å². The normalized spacial score (nSPS) is 11.8. The van der Waals surface area contributed by atoms with Gasteiger partial charge in [0.1, 0.15) is 5.60 Å². The van der Waals surface area contributed by atoms with E-state index in [4.69, 9.17) is 15.0 Å². The number of rotatable bonds is 5. The van der Waals surface area contributed by atoms with E-state index in [1.54, 1.807) is 13.2 Å². The Morgan fingerprint density at radius 3 is 2.60 bits per heavy atom. The van der Waals surface area contributed by atoms with Crippen LogP contribution in [0.3, 0.4) is 0 Å². The Labute approximate surface area is 126 Å². The maximum absolute atomic E-state index is 5.77. The fourth-order valence-corrected chi connectivity index (χ4v) is 2.51. The molecule has 2 rings (SSSR count). The van der Waals surface area contributed by atoms with Crippen LogP contribution < -0.4 is 5.73 Å². The molecule has 0 amide bonds. The molecular weight excluding hydrogens is 322 g/mol. The van der Waals surface area contributed by atoms with Gasteiger partial charge in [-0.15, -0.1) is 0 Å². The largest absolute Gasteiger partial charge is 0.398 e. The topological polar surface area (TPSA) is 74.2 Å². The third-order valence-electron chi connectivity index (χ3n) is 3.61. The van der Waals surface area contributed by atoms with Crippen LogP contribution in [-0.2, 0) is 10.3 Å². The Kier molecular flexibility index (Phi) is 4.45. The molecule has 0 unspecified atom stereocenters. The fraction of sp³-hybridized carbons (Fsp3) is 0.429. The summed E-state index contributed by atoms with van der Waals surface area (Å²) in [5.41, 5.74) is 6.77. The van der Waals surface area contributed by atoms with Crippen LogP contribution in [0.4, 0.5) is 5.69 Å². The van der Waals surface area contributed by atoms with Crippen molar-refractivity contribution in [3.63, 3.8) is 0 Å². The molecule has 0 saturated heterocycles. The van der Waals surface area contributed by atoms with E-state index < -0.39 is 5.60 Å². The van der Waals surface area contributed by atoms with Gasteiger partial charge in [-0.2, -0.15) is 4.98 Å². The average molecular weight is 340 g/mol. The number of methoxy groups -OCH3 is 1. The van der Waals surface area contributed by atoms with Crippen LogP contribution in [-0.4, -0.2) is 17.3 Å². The highest BCUT2D eigenvalue weighted by Gasteiger charge is 2.33. The van der Waals surface area contributed by atoms with Crippen molar-refractivity contribution in [1.82, 2.24) is 10.1 Å². The Bertz CT molecular complexity index is 586. The number of aromatic nitrogens is 2. The van der Waals surface area contributed by atoms with Crippen LogP contribution >= 0.6 is 15.9 Å². The third kappa shape index (κ3) is 2.58. The van der Waals surface area contributed by atoms with Gasteiger partial charge in [0, 0.05) is 22.8 Å². The molecule has 108 valence electrons. The van der Waals surface area contributed by atoms with Gasteiger partial charge >= 0.3 is 0 Å². The number of anilines is 1. The Balaban J connectivity index is 2.39. The van der Waals surface area contributed by atoms with Crippen LogP contribution in [0, 0.1) is 0 Å². The minimum Gasteiger partial charge on any atom is -0.398 e. The minimum atomic E-state index is -0.493. The summed E-state index contributed by atoms with van der Waals surface area (Å²) in [4.78, 5) is 4.47. The van der Waals surface area contributed by atoms with Crippen molar-refractivity contribution in [1.29, 1.82) is 0 Å². The Morgan fingerprint density at radius 2 is 2.05 bits per heavy atom. The fourth-order valence-electron chi connectivity index (χ4n) is 2.13. The van der Waals surface area contributed by atoms with Crippen LogP contribution in [0.2, 0.25) is 0 Å². The highest BCUT2D eigenvalue weighted by atomic mass is 79.9. The van der Waals surface area contributed by atoms with Crippen molar-refractivity contribution in [3.05, 3.63) is 28.5 Å². The van der Waals surface area contributed by atoms with E-state index in [2.05, 4.69) is 26.1 Å². The highest BCUT2D eigenvalue weighted by Crippen LogP contribution is 2.32. The SMILES string of the molecule is CCC(CC)(OC)c1noc(-c2ccc(N)c(Br)c2)n1. The monoisotopic (exact) mass is 339 g/mol. The summed E-state index contributed by atoms with van der Waals surface area (Å²) in [6.45, 7) is 4.09. The smallest absolute Gasteiger partial charge is 0.258 e. The molecule has 2 N–H and O–H groups in total. The maximum atomic E-state index is 5.77. The molecular formula is C14H18BrN3O2. The van der Waals surface area contributed by atoms with E-state index in [1.807, 2.05) is 26.0 Å². The van der Waals surface area contributed by atoms with Crippen LogP contribution in [0.25, 0.3) is 11.5 Å². The first-order valence-corrected chi connectivity index (χ1v) is 7.30. The zero-order chi connectivity index (χ0) is 14.8. The molecule has 0 radical (unpaired) electrons. The second-order valence-electron chi connectivity index (χ2n) is 4.56. The lowest BCUT2D eigenvalue weighted by molar-refractivity contribution is -0.0306.